The van der Waals surface area contributed by atoms with E-state index in [4.69, 9.17) is 24.7 Å². The van der Waals surface area contributed by atoms with Gasteiger partial charge in [-0.25, -0.2) is 4.99 Å². The maximum atomic E-state index is 5.68. The molecule has 0 unspecified atom stereocenters. The van der Waals surface area contributed by atoms with E-state index in [0.29, 0.717) is 34.1 Å². The molecule has 1 aromatic carbocycles. The van der Waals surface area contributed by atoms with Crippen LogP contribution in [0.25, 0.3) is 0 Å². The average molecular weight is 364 g/mol. The lowest BCUT2D eigenvalue weighted by molar-refractivity contribution is 0.287. The quantitative estimate of drug-likeness (QED) is 0.590. The number of benzene rings is 1. The predicted molar refractivity (Wildman–Crippen MR) is 97.3 cm³/mol. The third-order valence-corrected chi connectivity index (χ3v) is 3.65. The predicted octanol–water partition coefficient (Wildman–Crippen LogP) is 2.39. The SMILES string of the molecule is COc1cc(COc2cncc(/N=C(\N)SC)n2)cc(OC)c1OC. The first-order chi connectivity index (χ1) is 12.1. The van der Waals surface area contributed by atoms with Gasteiger partial charge in [0.25, 0.3) is 0 Å². The molecule has 1 aromatic heterocycles. The fraction of sp³-hybridized carbons (Fsp3) is 0.312. The lowest BCUT2D eigenvalue weighted by Gasteiger charge is -2.14. The van der Waals surface area contributed by atoms with Crippen LogP contribution < -0.4 is 24.7 Å². The fourth-order valence-corrected chi connectivity index (χ4v) is 2.18. The van der Waals surface area contributed by atoms with Gasteiger partial charge in [-0.1, -0.05) is 11.8 Å². The summed E-state index contributed by atoms with van der Waals surface area (Å²) in [6, 6.07) is 3.62. The Morgan fingerprint density at radius 2 is 1.80 bits per heavy atom. The van der Waals surface area contributed by atoms with Gasteiger partial charge in [-0.05, 0) is 24.0 Å². The van der Waals surface area contributed by atoms with Crippen molar-refractivity contribution in [3.05, 3.63) is 30.1 Å². The molecule has 2 rings (SSSR count). The fourth-order valence-electron chi connectivity index (χ4n) is 2.00. The number of aliphatic imine (C=N–C) groups is 1. The summed E-state index contributed by atoms with van der Waals surface area (Å²) in [5, 5.41) is 0.399. The van der Waals surface area contributed by atoms with E-state index >= 15 is 0 Å². The number of ether oxygens (including phenoxy) is 4. The molecule has 134 valence electrons. The zero-order chi connectivity index (χ0) is 18.2. The minimum Gasteiger partial charge on any atom is -0.493 e. The van der Waals surface area contributed by atoms with Crippen LogP contribution in [0.15, 0.2) is 29.5 Å². The summed E-state index contributed by atoms with van der Waals surface area (Å²) in [4.78, 5) is 12.4. The Bertz CT molecular complexity index is 730. The van der Waals surface area contributed by atoms with Gasteiger partial charge in [-0.15, -0.1) is 0 Å². The lowest BCUT2D eigenvalue weighted by Crippen LogP contribution is -2.05. The van der Waals surface area contributed by atoms with Crippen LogP contribution in [0.3, 0.4) is 0 Å². The second kappa shape index (κ2) is 8.97. The van der Waals surface area contributed by atoms with E-state index < -0.39 is 0 Å². The highest BCUT2D eigenvalue weighted by Gasteiger charge is 2.13. The van der Waals surface area contributed by atoms with E-state index in [1.165, 1.54) is 24.2 Å². The molecule has 0 amide bonds. The first kappa shape index (κ1) is 18.7. The average Bonchev–Trinajstić information content (AvgIpc) is 2.65. The van der Waals surface area contributed by atoms with Crippen molar-refractivity contribution in [3.63, 3.8) is 0 Å². The summed E-state index contributed by atoms with van der Waals surface area (Å²) >= 11 is 1.33. The van der Waals surface area contributed by atoms with Gasteiger partial charge in [-0.3, -0.25) is 4.98 Å². The van der Waals surface area contributed by atoms with Crippen LogP contribution in [0.5, 0.6) is 23.1 Å². The number of nitrogens with two attached hydrogens (primary N) is 1. The molecule has 25 heavy (non-hydrogen) atoms. The second-order valence-electron chi connectivity index (χ2n) is 4.69. The highest BCUT2D eigenvalue weighted by Crippen LogP contribution is 2.38. The maximum Gasteiger partial charge on any atom is 0.234 e. The van der Waals surface area contributed by atoms with Gasteiger partial charge in [0.15, 0.2) is 22.5 Å². The van der Waals surface area contributed by atoms with Gasteiger partial charge in [0.1, 0.15) is 6.61 Å². The monoisotopic (exact) mass is 364 g/mol. The molecule has 1 heterocycles. The third-order valence-electron chi connectivity index (χ3n) is 3.14. The van der Waals surface area contributed by atoms with Crippen LogP contribution in [0.4, 0.5) is 5.82 Å². The summed E-state index contributed by atoms with van der Waals surface area (Å²) in [7, 11) is 4.68. The molecule has 0 saturated carbocycles. The van der Waals surface area contributed by atoms with Gasteiger partial charge in [-0.2, -0.15) is 4.98 Å². The topological polar surface area (TPSA) is 101 Å². The summed E-state index contributed by atoms with van der Waals surface area (Å²) < 4.78 is 21.6. The van der Waals surface area contributed by atoms with Crippen molar-refractivity contribution < 1.29 is 18.9 Å². The molecule has 0 aliphatic rings. The van der Waals surface area contributed by atoms with E-state index in [1.54, 1.807) is 21.3 Å². The van der Waals surface area contributed by atoms with Crippen LogP contribution in [-0.2, 0) is 6.61 Å². The first-order valence-corrected chi connectivity index (χ1v) is 8.45. The number of nitrogens with zero attached hydrogens (tertiary/aromatic N) is 3. The summed E-state index contributed by atoms with van der Waals surface area (Å²) in [6.45, 7) is 0.247. The van der Waals surface area contributed by atoms with Crippen molar-refractivity contribution in [3.8, 4) is 23.1 Å². The molecule has 2 N–H and O–H groups in total. The molecule has 0 atom stereocenters. The lowest BCUT2D eigenvalue weighted by atomic mass is 10.2. The highest BCUT2D eigenvalue weighted by atomic mass is 32.2. The van der Waals surface area contributed by atoms with Crippen LogP contribution in [0.1, 0.15) is 5.56 Å². The highest BCUT2D eigenvalue weighted by molar-refractivity contribution is 8.13. The number of methoxy groups -OCH3 is 3. The smallest absolute Gasteiger partial charge is 0.234 e. The Morgan fingerprint density at radius 3 is 2.36 bits per heavy atom. The molecular weight excluding hydrogens is 344 g/mol. The van der Waals surface area contributed by atoms with E-state index in [-0.39, 0.29) is 6.61 Å². The van der Waals surface area contributed by atoms with Gasteiger partial charge < -0.3 is 24.7 Å². The van der Waals surface area contributed by atoms with Gasteiger partial charge in [0, 0.05) is 0 Å². The Hall–Kier alpha value is -2.68. The zero-order valence-corrected chi connectivity index (χ0v) is 15.3. The van der Waals surface area contributed by atoms with Crippen LogP contribution >= 0.6 is 11.8 Å². The standard InChI is InChI=1S/C16H20N4O4S/c1-21-11-5-10(6-12(22-2)15(11)23-3)9-24-14-8-18-7-13(19-14)20-16(17)25-4/h5-8H,9H2,1-4H3,(H2,17,19,20). The third kappa shape index (κ3) is 4.90. The van der Waals surface area contributed by atoms with E-state index in [9.17, 15) is 0 Å². The van der Waals surface area contributed by atoms with E-state index in [1.807, 2.05) is 18.4 Å². The van der Waals surface area contributed by atoms with Crippen LogP contribution in [-0.4, -0.2) is 42.7 Å². The first-order valence-electron chi connectivity index (χ1n) is 7.23. The van der Waals surface area contributed by atoms with Crippen molar-refractivity contribution in [1.82, 2.24) is 9.97 Å². The van der Waals surface area contributed by atoms with Crippen molar-refractivity contribution >= 4 is 22.7 Å². The Morgan fingerprint density at radius 1 is 1.12 bits per heavy atom. The summed E-state index contributed by atoms with van der Waals surface area (Å²) in [6.07, 6.45) is 4.85. The van der Waals surface area contributed by atoms with Crippen LogP contribution in [0.2, 0.25) is 0 Å². The normalized spacial score (nSPS) is 11.1. The van der Waals surface area contributed by atoms with Crippen LogP contribution in [0, 0.1) is 0 Å². The molecule has 0 bridgehead atoms. The van der Waals surface area contributed by atoms with Crippen molar-refractivity contribution in [2.24, 2.45) is 10.7 Å². The zero-order valence-electron chi connectivity index (χ0n) is 14.5. The number of hydrogen-bond acceptors (Lipinski definition) is 8. The molecule has 0 spiro atoms. The van der Waals surface area contributed by atoms with Gasteiger partial charge in [0.05, 0.1) is 33.7 Å². The number of hydrogen-bond donors (Lipinski definition) is 1. The maximum absolute atomic E-state index is 5.68. The number of amidine groups is 1. The Labute approximate surface area is 150 Å². The Balaban J connectivity index is 2.17. The van der Waals surface area contributed by atoms with Crippen molar-refractivity contribution in [1.29, 1.82) is 0 Å². The number of thioether (sulfide) groups is 1. The summed E-state index contributed by atoms with van der Waals surface area (Å²) in [5.74, 6) is 2.35. The minimum absolute atomic E-state index is 0.247. The van der Waals surface area contributed by atoms with Crippen molar-refractivity contribution in [2.75, 3.05) is 27.6 Å². The molecule has 2 aromatic rings. The molecular formula is C16H20N4O4S. The molecule has 0 aliphatic carbocycles. The van der Waals surface area contributed by atoms with Gasteiger partial charge in [0.2, 0.25) is 11.6 Å². The van der Waals surface area contributed by atoms with Crippen molar-refractivity contribution in [2.45, 2.75) is 6.61 Å². The molecule has 8 nitrogen and oxygen atoms in total. The van der Waals surface area contributed by atoms with Gasteiger partial charge >= 0.3 is 0 Å². The summed E-state index contributed by atoms with van der Waals surface area (Å²) in [5.41, 5.74) is 6.50. The number of rotatable bonds is 7. The second-order valence-corrected chi connectivity index (χ2v) is 5.52. The molecule has 0 radical (unpaired) electrons. The van der Waals surface area contributed by atoms with E-state index in [0.717, 1.165) is 5.56 Å². The largest absolute Gasteiger partial charge is 0.493 e. The van der Waals surface area contributed by atoms with E-state index in [2.05, 4.69) is 15.0 Å². The minimum atomic E-state index is 0.247. The Kier molecular flexibility index (Phi) is 6.70. The molecule has 9 heteroatoms. The molecule has 0 fully saturated rings. The number of aromatic nitrogens is 2. The molecule has 0 aliphatic heterocycles. The molecule has 0 saturated heterocycles.